The maximum atomic E-state index is 5.39. The Bertz CT molecular complexity index is 679. The fraction of sp³-hybridized carbons (Fsp3) is 0.667. The van der Waals surface area contributed by atoms with Crippen molar-refractivity contribution >= 4 is 35.6 Å². The highest BCUT2D eigenvalue weighted by molar-refractivity contribution is 14.0. The molecular formula is C21H35IN6O. The van der Waals surface area contributed by atoms with Crippen molar-refractivity contribution in [3.05, 3.63) is 24.3 Å². The molecule has 4 heterocycles. The minimum absolute atomic E-state index is 0. The molecular weight excluding hydrogens is 479 g/mol. The average Bonchev–Trinajstić information content (AvgIpc) is 2.77. The average molecular weight is 514 g/mol. The zero-order chi connectivity index (χ0) is 19.3. The summed E-state index contributed by atoms with van der Waals surface area (Å²) in [5.41, 5.74) is 1.23. The molecule has 2 bridgehead atoms. The lowest BCUT2D eigenvalue weighted by molar-refractivity contribution is 0.0154. The monoisotopic (exact) mass is 514 g/mol. The molecule has 0 aliphatic carbocycles. The van der Waals surface area contributed by atoms with Crippen molar-refractivity contribution < 1.29 is 4.74 Å². The molecule has 4 aliphatic rings. The molecule has 0 spiro atoms. The van der Waals surface area contributed by atoms with Crippen LogP contribution in [-0.4, -0.2) is 94.4 Å². The van der Waals surface area contributed by atoms with Crippen LogP contribution in [0, 0.1) is 0 Å². The van der Waals surface area contributed by atoms with Gasteiger partial charge in [-0.25, -0.2) is 0 Å². The van der Waals surface area contributed by atoms with E-state index in [-0.39, 0.29) is 24.0 Å². The minimum atomic E-state index is 0. The summed E-state index contributed by atoms with van der Waals surface area (Å²) in [5, 5.41) is 7.23. The van der Waals surface area contributed by atoms with Crippen molar-refractivity contribution in [2.24, 2.45) is 4.99 Å². The predicted molar refractivity (Wildman–Crippen MR) is 130 cm³/mol. The molecule has 2 atom stereocenters. The third-order valence-electron chi connectivity index (χ3n) is 6.30. The summed E-state index contributed by atoms with van der Waals surface area (Å²) >= 11 is 0. The van der Waals surface area contributed by atoms with E-state index in [0.717, 1.165) is 31.3 Å². The van der Waals surface area contributed by atoms with Gasteiger partial charge in [-0.15, -0.1) is 24.0 Å². The van der Waals surface area contributed by atoms with Gasteiger partial charge in [0.15, 0.2) is 5.96 Å². The highest BCUT2D eigenvalue weighted by Crippen LogP contribution is 2.24. The predicted octanol–water partition coefficient (Wildman–Crippen LogP) is 1.45. The first kappa shape index (κ1) is 22.4. The maximum Gasteiger partial charge on any atom is 0.191 e. The Kier molecular flexibility index (Phi) is 8.25. The van der Waals surface area contributed by atoms with E-state index in [2.05, 4.69) is 48.5 Å². The molecule has 5 rings (SSSR count). The van der Waals surface area contributed by atoms with Crippen LogP contribution in [-0.2, 0) is 0 Å². The van der Waals surface area contributed by atoms with E-state index in [9.17, 15) is 0 Å². The van der Waals surface area contributed by atoms with Crippen LogP contribution in [0.25, 0.3) is 0 Å². The normalized spacial score (nSPS) is 29.2. The number of benzene rings is 1. The Hall–Kier alpha value is -1.26. The van der Waals surface area contributed by atoms with Crippen LogP contribution in [0.1, 0.15) is 12.8 Å². The number of aliphatic imine (C=N–C) groups is 1. The number of anilines is 1. The molecule has 8 heteroatoms. The van der Waals surface area contributed by atoms with Crippen LogP contribution in [0.5, 0.6) is 5.75 Å². The largest absolute Gasteiger partial charge is 0.497 e. The third-order valence-corrected chi connectivity index (χ3v) is 6.30. The first-order chi connectivity index (χ1) is 13.7. The number of methoxy groups -OCH3 is 1. The second-order valence-corrected chi connectivity index (χ2v) is 8.07. The van der Waals surface area contributed by atoms with Gasteiger partial charge in [0.05, 0.1) is 7.11 Å². The van der Waals surface area contributed by atoms with E-state index >= 15 is 0 Å². The Morgan fingerprint density at radius 3 is 2.69 bits per heavy atom. The van der Waals surface area contributed by atoms with E-state index < -0.39 is 0 Å². The number of piperidine rings is 1. The zero-order valence-corrected chi connectivity index (χ0v) is 20.0. The fourth-order valence-corrected chi connectivity index (χ4v) is 4.66. The molecule has 7 nitrogen and oxygen atoms in total. The Balaban J connectivity index is 0.00000240. The summed E-state index contributed by atoms with van der Waals surface area (Å²) in [7, 11) is 3.59. The number of guanidine groups is 1. The van der Waals surface area contributed by atoms with Gasteiger partial charge in [-0.05, 0) is 25.0 Å². The molecule has 4 saturated heterocycles. The number of nitrogens with one attached hydrogen (secondary N) is 2. The maximum absolute atomic E-state index is 5.39. The number of nitrogens with zero attached hydrogens (tertiary/aromatic N) is 4. The molecule has 162 valence electrons. The number of piperazine rings is 3. The SMILES string of the molecule is CN=C(NCC1CN2CCN1CC2)NC1CCCN(c2cccc(OC)c2)C1.I. The van der Waals surface area contributed by atoms with E-state index in [1.165, 1.54) is 51.3 Å². The molecule has 2 unspecified atom stereocenters. The molecule has 4 fully saturated rings. The van der Waals surface area contributed by atoms with Gasteiger partial charge in [-0.1, -0.05) is 6.07 Å². The van der Waals surface area contributed by atoms with Crippen molar-refractivity contribution in [1.82, 2.24) is 20.4 Å². The van der Waals surface area contributed by atoms with Crippen molar-refractivity contribution in [3.63, 3.8) is 0 Å². The van der Waals surface area contributed by atoms with Gasteiger partial charge >= 0.3 is 0 Å². The van der Waals surface area contributed by atoms with Gasteiger partial charge in [0.25, 0.3) is 0 Å². The standard InChI is InChI=1S/C21H34N6O.HI/c1-22-21(23-14-19-16-25-9-11-26(19)12-10-25)24-17-5-4-8-27(15-17)18-6-3-7-20(13-18)28-2;/h3,6-7,13,17,19H,4-5,8-12,14-16H2,1-2H3,(H2,22,23,24);1H. The molecule has 0 saturated carbocycles. The lowest BCUT2D eigenvalue weighted by Crippen LogP contribution is -2.64. The Labute approximate surface area is 191 Å². The number of rotatable bonds is 5. The van der Waals surface area contributed by atoms with Gasteiger partial charge in [0, 0.05) is 83.2 Å². The number of fused-ring (bicyclic) bond motifs is 3. The molecule has 1 aromatic carbocycles. The first-order valence-corrected chi connectivity index (χ1v) is 10.6. The van der Waals surface area contributed by atoms with Crippen molar-refractivity contribution in [2.75, 3.05) is 71.4 Å². The van der Waals surface area contributed by atoms with Crippen LogP contribution in [0.15, 0.2) is 29.3 Å². The van der Waals surface area contributed by atoms with Crippen LogP contribution in [0.2, 0.25) is 0 Å². The van der Waals surface area contributed by atoms with E-state index in [1.807, 2.05) is 13.1 Å². The van der Waals surface area contributed by atoms with Crippen LogP contribution in [0.4, 0.5) is 5.69 Å². The van der Waals surface area contributed by atoms with Crippen LogP contribution < -0.4 is 20.3 Å². The van der Waals surface area contributed by atoms with Gasteiger partial charge in [0.1, 0.15) is 5.75 Å². The summed E-state index contributed by atoms with van der Waals surface area (Å²) in [4.78, 5) is 12.1. The van der Waals surface area contributed by atoms with Gasteiger partial charge in [0.2, 0.25) is 0 Å². The summed E-state index contributed by atoms with van der Waals surface area (Å²) in [6.07, 6.45) is 2.35. The second kappa shape index (κ2) is 10.7. The van der Waals surface area contributed by atoms with E-state index in [1.54, 1.807) is 7.11 Å². The summed E-state index contributed by atoms with van der Waals surface area (Å²) < 4.78 is 5.39. The molecule has 0 radical (unpaired) electrons. The molecule has 0 amide bonds. The summed E-state index contributed by atoms with van der Waals surface area (Å²) in [5.74, 6) is 1.84. The Morgan fingerprint density at radius 2 is 2.00 bits per heavy atom. The lowest BCUT2D eigenvalue weighted by atomic mass is 10.0. The number of hydrogen-bond donors (Lipinski definition) is 2. The molecule has 1 aromatic rings. The Morgan fingerprint density at radius 1 is 1.17 bits per heavy atom. The zero-order valence-electron chi connectivity index (χ0n) is 17.6. The fourth-order valence-electron chi connectivity index (χ4n) is 4.66. The van der Waals surface area contributed by atoms with Crippen LogP contribution >= 0.6 is 24.0 Å². The second-order valence-electron chi connectivity index (χ2n) is 8.07. The first-order valence-electron chi connectivity index (χ1n) is 10.6. The third kappa shape index (κ3) is 5.67. The van der Waals surface area contributed by atoms with E-state index in [4.69, 9.17) is 4.74 Å². The quantitative estimate of drug-likeness (QED) is 0.353. The highest BCUT2D eigenvalue weighted by Gasteiger charge is 2.31. The molecule has 4 aliphatic heterocycles. The highest BCUT2D eigenvalue weighted by atomic mass is 127. The van der Waals surface area contributed by atoms with Gasteiger partial charge < -0.3 is 20.3 Å². The van der Waals surface area contributed by atoms with Crippen molar-refractivity contribution in [2.45, 2.75) is 24.9 Å². The van der Waals surface area contributed by atoms with Crippen LogP contribution in [0.3, 0.4) is 0 Å². The lowest BCUT2D eigenvalue weighted by Gasteiger charge is -2.47. The number of hydrogen-bond acceptors (Lipinski definition) is 5. The summed E-state index contributed by atoms with van der Waals surface area (Å²) in [6.45, 7) is 9.07. The summed E-state index contributed by atoms with van der Waals surface area (Å²) in [6, 6.07) is 9.35. The topological polar surface area (TPSA) is 55.4 Å². The van der Waals surface area contributed by atoms with E-state index in [0.29, 0.717) is 12.1 Å². The number of ether oxygens (including phenoxy) is 1. The molecule has 29 heavy (non-hydrogen) atoms. The van der Waals surface area contributed by atoms with Crippen molar-refractivity contribution in [1.29, 1.82) is 0 Å². The smallest absolute Gasteiger partial charge is 0.191 e. The van der Waals surface area contributed by atoms with Gasteiger partial charge in [-0.3, -0.25) is 14.8 Å². The molecule has 0 aromatic heterocycles. The van der Waals surface area contributed by atoms with Crippen molar-refractivity contribution in [3.8, 4) is 5.75 Å². The van der Waals surface area contributed by atoms with Gasteiger partial charge in [-0.2, -0.15) is 0 Å². The number of halogens is 1. The molecule has 2 N–H and O–H groups in total. The minimum Gasteiger partial charge on any atom is -0.497 e.